The highest BCUT2D eigenvalue weighted by Gasteiger charge is 2.28. The predicted octanol–water partition coefficient (Wildman–Crippen LogP) is 2.36. The van der Waals surface area contributed by atoms with Gasteiger partial charge in [-0.05, 0) is 18.4 Å². The molecule has 2 fully saturated rings. The Kier molecular flexibility index (Phi) is 4.81. The summed E-state index contributed by atoms with van der Waals surface area (Å²) >= 11 is 0. The van der Waals surface area contributed by atoms with Crippen LogP contribution in [0.2, 0.25) is 0 Å². The van der Waals surface area contributed by atoms with Crippen molar-refractivity contribution in [2.45, 2.75) is 24.8 Å². The van der Waals surface area contributed by atoms with E-state index in [0.717, 1.165) is 32.6 Å². The highest BCUT2D eigenvalue weighted by atomic mass is 16.5. The number of ether oxygens (including phenoxy) is 1. The highest BCUT2D eigenvalue weighted by molar-refractivity contribution is 5.92. The Morgan fingerprint density at radius 2 is 2.00 bits per heavy atom. The summed E-state index contributed by atoms with van der Waals surface area (Å²) in [4.78, 5) is 19.2. The molecule has 1 aromatic heterocycles. The SMILES string of the molecule is O=C(c1coc(C2CCOCC2)n1)N1CCNC(c2ccccc2)C1. The van der Waals surface area contributed by atoms with E-state index in [4.69, 9.17) is 9.15 Å². The van der Waals surface area contributed by atoms with E-state index in [-0.39, 0.29) is 17.9 Å². The lowest BCUT2D eigenvalue weighted by atomic mass is 10.0. The number of hydrogen-bond acceptors (Lipinski definition) is 5. The quantitative estimate of drug-likeness (QED) is 0.928. The molecule has 25 heavy (non-hydrogen) atoms. The van der Waals surface area contributed by atoms with Gasteiger partial charge in [0.15, 0.2) is 11.6 Å². The number of carbonyl (C=O) groups excluding carboxylic acids is 1. The van der Waals surface area contributed by atoms with Crippen LogP contribution < -0.4 is 5.32 Å². The van der Waals surface area contributed by atoms with Crippen molar-refractivity contribution in [1.82, 2.24) is 15.2 Å². The molecule has 0 aliphatic carbocycles. The number of aromatic nitrogens is 1. The van der Waals surface area contributed by atoms with E-state index in [1.54, 1.807) is 0 Å². The molecule has 2 aliphatic rings. The first kappa shape index (κ1) is 16.3. The maximum absolute atomic E-state index is 12.8. The third-order valence-electron chi connectivity index (χ3n) is 4.98. The van der Waals surface area contributed by atoms with Gasteiger partial charge >= 0.3 is 0 Å². The third-order valence-corrected chi connectivity index (χ3v) is 4.98. The van der Waals surface area contributed by atoms with Crippen LogP contribution in [0.3, 0.4) is 0 Å². The van der Waals surface area contributed by atoms with Crippen LogP contribution >= 0.6 is 0 Å². The lowest BCUT2D eigenvalue weighted by Gasteiger charge is -2.33. The predicted molar refractivity (Wildman–Crippen MR) is 92.4 cm³/mol. The summed E-state index contributed by atoms with van der Waals surface area (Å²) < 4.78 is 11.0. The minimum absolute atomic E-state index is 0.0514. The average molecular weight is 341 g/mol. The monoisotopic (exact) mass is 341 g/mol. The number of nitrogens with one attached hydrogen (secondary N) is 1. The molecular weight excluding hydrogens is 318 g/mol. The van der Waals surface area contributed by atoms with Crippen molar-refractivity contribution in [2.24, 2.45) is 0 Å². The molecule has 0 spiro atoms. The summed E-state index contributed by atoms with van der Waals surface area (Å²) in [6.07, 6.45) is 3.31. The van der Waals surface area contributed by atoms with E-state index in [1.807, 2.05) is 23.1 Å². The molecule has 1 atom stereocenters. The van der Waals surface area contributed by atoms with E-state index >= 15 is 0 Å². The van der Waals surface area contributed by atoms with E-state index in [2.05, 4.69) is 22.4 Å². The molecule has 2 saturated heterocycles. The molecule has 1 unspecified atom stereocenters. The van der Waals surface area contributed by atoms with Gasteiger partial charge < -0.3 is 19.4 Å². The normalized spacial score (nSPS) is 22.1. The molecule has 3 heterocycles. The first-order valence-electron chi connectivity index (χ1n) is 8.92. The van der Waals surface area contributed by atoms with Crippen molar-refractivity contribution in [1.29, 1.82) is 0 Å². The zero-order valence-electron chi connectivity index (χ0n) is 14.2. The van der Waals surface area contributed by atoms with Crippen molar-refractivity contribution in [3.63, 3.8) is 0 Å². The number of rotatable bonds is 3. The summed E-state index contributed by atoms with van der Waals surface area (Å²) in [5.41, 5.74) is 1.61. The molecule has 1 amide bonds. The largest absolute Gasteiger partial charge is 0.448 e. The topological polar surface area (TPSA) is 67.6 Å². The van der Waals surface area contributed by atoms with Crippen molar-refractivity contribution in [2.75, 3.05) is 32.8 Å². The first-order valence-corrected chi connectivity index (χ1v) is 8.92. The fraction of sp³-hybridized carbons (Fsp3) is 0.474. The van der Waals surface area contributed by atoms with Gasteiger partial charge in [-0.1, -0.05) is 30.3 Å². The van der Waals surface area contributed by atoms with Crippen LogP contribution in [0.5, 0.6) is 0 Å². The minimum Gasteiger partial charge on any atom is -0.448 e. The van der Waals surface area contributed by atoms with Gasteiger partial charge in [-0.25, -0.2) is 4.98 Å². The van der Waals surface area contributed by atoms with Crippen molar-refractivity contribution < 1.29 is 13.9 Å². The van der Waals surface area contributed by atoms with Gasteiger partial charge in [0.2, 0.25) is 0 Å². The Morgan fingerprint density at radius 3 is 2.80 bits per heavy atom. The van der Waals surface area contributed by atoms with E-state index in [1.165, 1.54) is 11.8 Å². The zero-order valence-corrected chi connectivity index (χ0v) is 14.2. The molecule has 2 aliphatic heterocycles. The van der Waals surface area contributed by atoms with Gasteiger partial charge in [0.05, 0.1) is 0 Å². The summed E-state index contributed by atoms with van der Waals surface area (Å²) in [5.74, 6) is 0.876. The molecule has 0 bridgehead atoms. The third kappa shape index (κ3) is 3.60. The van der Waals surface area contributed by atoms with Crippen LogP contribution in [0.25, 0.3) is 0 Å². The molecular formula is C19H23N3O3. The number of oxazole rings is 1. The summed E-state index contributed by atoms with van der Waals surface area (Å²) in [6, 6.07) is 10.4. The highest BCUT2D eigenvalue weighted by Crippen LogP contribution is 2.26. The van der Waals surface area contributed by atoms with Crippen molar-refractivity contribution in [3.8, 4) is 0 Å². The molecule has 0 saturated carbocycles. The molecule has 4 rings (SSSR count). The Balaban J connectivity index is 1.44. The number of hydrogen-bond donors (Lipinski definition) is 1. The Morgan fingerprint density at radius 1 is 1.20 bits per heavy atom. The Labute approximate surface area is 147 Å². The summed E-state index contributed by atoms with van der Waals surface area (Å²) in [6.45, 7) is 3.56. The van der Waals surface area contributed by atoms with Crippen molar-refractivity contribution >= 4 is 5.91 Å². The summed E-state index contributed by atoms with van der Waals surface area (Å²) in [7, 11) is 0. The van der Waals surface area contributed by atoms with Crippen LogP contribution in [-0.4, -0.2) is 48.6 Å². The van der Waals surface area contributed by atoms with Gasteiger partial charge in [0.1, 0.15) is 6.26 Å². The maximum atomic E-state index is 12.8. The zero-order chi connectivity index (χ0) is 17.1. The standard InChI is InChI=1S/C19H23N3O3/c23-19(17-13-25-18(21-17)15-6-10-24-11-7-15)22-9-8-20-16(12-22)14-4-2-1-3-5-14/h1-5,13,15-16,20H,6-12H2. The van der Waals surface area contributed by atoms with Crippen molar-refractivity contribution in [3.05, 3.63) is 53.7 Å². The number of piperazine rings is 1. The first-order chi connectivity index (χ1) is 12.3. The second-order valence-corrected chi connectivity index (χ2v) is 6.63. The van der Waals surface area contributed by atoms with E-state index in [0.29, 0.717) is 24.7 Å². The van der Waals surface area contributed by atoms with Crippen LogP contribution in [0.1, 0.15) is 46.7 Å². The maximum Gasteiger partial charge on any atom is 0.275 e. The Hall–Kier alpha value is -2.18. The van der Waals surface area contributed by atoms with Crippen LogP contribution in [-0.2, 0) is 4.74 Å². The molecule has 1 aromatic carbocycles. The molecule has 6 heteroatoms. The van der Waals surface area contributed by atoms with E-state index in [9.17, 15) is 4.79 Å². The van der Waals surface area contributed by atoms with Gasteiger partial charge in [-0.3, -0.25) is 4.79 Å². The second-order valence-electron chi connectivity index (χ2n) is 6.63. The average Bonchev–Trinajstić information content (AvgIpc) is 3.19. The number of nitrogens with zero attached hydrogens (tertiary/aromatic N) is 2. The molecule has 132 valence electrons. The number of carbonyl (C=O) groups is 1. The fourth-order valence-corrected chi connectivity index (χ4v) is 3.52. The second kappa shape index (κ2) is 7.37. The van der Waals surface area contributed by atoms with Crippen LogP contribution in [0.15, 0.2) is 41.0 Å². The van der Waals surface area contributed by atoms with Gasteiger partial charge in [0.25, 0.3) is 5.91 Å². The lowest BCUT2D eigenvalue weighted by Crippen LogP contribution is -2.48. The Bertz CT molecular complexity index is 710. The van der Waals surface area contributed by atoms with Gasteiger partial charge in [-0.15, -0.1) is 0 Å². The number of amides is 1. The molecule has 2 aromatic rings. The van der Waals surface area contributed by atoms with Crippen LogP contribution in [0, 0.1) is 0 Å². The van der Waals surface area contributed by atoms with Gasteiger partial charge in [-0.2, -0.15) is 0 Å². The van der Waals surface area contributed by atoms with Crippen LogP contribution in [0.4, 0.5) is 0 Å². The van der Waals surface area contributed by atoms with E-state index < -0.39 is 0 Å². The lowest BCUT2D eigenvalue weighted by molar-refractivity contribution is 0.0696. The molecule has 6 nitrogen and oxygen atoms in total. The molecule has 0 radical (unpaired) electrons. The smallest absolute Gasteiger partial charge is 0.275 e. The van der Waals surface area contributed by atoms with Gasteiger partial charge in [0, 0.05) is 44.8 Å². The summed E-state index contributed by atoms with van der Waals surface area (Å²) in [5, 5.41) is 3.48. The minimum atomic E-state index is -0.0514. The fourth-order valence-electron chi connectivity index (χ4n) is 3.52. The number of benzene rings is 1. The molecule has 1 N–H and O–H groups in total.